The van der Waals surface area contributed by atoms with E-state index < -0.39 is 28.9 Å². The third kappa shape index (κ3) is 2.56. The summed E-state index contributed by atoms with van der Waals surface area (Å²) in [6.45, 7) is 1.22. The van der Waals surface area contributed by atoms with Gasteiger partial charge >= 0.3 is 0 Å². The van der Waals surface area contributed by atoms with E-state index in [1.165, 1.54) is 0 Å². The lowest BCUT2D eigenvalue weighted by Gasteiger charge is -2.48. The molecule has 1 fully saturated rings. The van der Waals surface area contributed by atoms with Crippen LogP contribution in [0.15, 0.2) is 40.4 Å². The number of hydrogen-bond acceptors (Lipinski definition) is 5. The Kier molecular flexibility index (Phi) is 4.70. The first-order chi connectivity index (χ1) is 12.4. The second kappa shape index (κ2) is 6.68. The minimum atomic E-state index is -1.85. The van der Waals surface area contributed by atoms with Crippen LogP contribution in [-0.2, 0) is 4.79 Å². The van der Waals surface area contributed by atoms with E-state index in [1.807, 2.05) is 49.5 Å². The van der Waals surface area contributed by atoms with Gasteiger partial charge in [-0.05, 0) is 23.3 Å². The van der Waals surface area contributed by atoms with Crippen LogP contribution in [0.2, 0.25) is 0 Å². The molecule has 2 unspecified atom stereocenters. The van der Waals surface area contributed by atoms with Gasteiger partial charge in [0.2, 0.25) is 0 Å². The molecule has 0 spiro atoms. The third-order valence-electron chi connectivity index (χ3n) is 5.43. The molecule has 1 heterocycles. The van der Waals surface area contributed by atoms with Gasteiger partial charge in [0.1, 0.15) is 0 Å². The van der Waals surface area contributed by atoms with Crippen molar-refractivity contribution in [2.75, 3.05) is 20.1 Å². The minimum absolute atomic E-state index is 0.334. The number of nitrogens with zero attached hydrogens (tertiary/aromatic N) is 2. The summed E-state index contributed by atoms with van der Waals surface area (Å²) in [5.41, 5.74) is -0.927. The molecule has 0 amide bonds. The number of carboxylic acids is 1. The number of benzene rings is 1. The van der Waals surface area contributed by atoms with Crippen molar-refractivity contribution in [1.29, 1.82) is 15.9 Å². The summed E-state index contributed by atoms with van der Waals surface area (Å²) in [6.07, 6.45) is 1.83. The molecule has 3 rings (SSSR count). The quantitative estimate of drug-likeness (QED) is 0.666. The van der Waals surface area contributed by atoms with Gasteiger partial charge in [-0.3, -0.25) is 0 Å². The number of rotatable bonds is 2. The summed E-state index contributed by atoms with van der Waals surface area (Å²) in [5, 5.41) is 40.1. The molecule has 1 saturated carbocycles. The van der Waals surface area contributed by atoms with Crippen LogP contribution < -0.4 is 10.0 Å². The number of nitriles is 2. The van der Waals surface area contributed by atoms with Crippen molar-refractivity contribution in [3.05, 3.63) is 46.0 Å². The molecule has 1 aliphatic heterocycles. The number of nitrogens with one attached hydrogen (secondary N) is 2. The molecule has 132 valence electrons. The first kappa shape index (κ1) is 18.3. The molecule has 1 aliphatic carbocycles. The number of quaternary nitrogens is 1. The van der Waals surface area contributed by atoms with Crippen LogP contribution in [0, 0.1) is 45.3 Å². The maximum absolute atomic E-state index is 11.8. The van der Waals surface area contributed by atoms with Crippen LogP contribution in [0.25, 0.3) is 0 Å². The number of likely N-dealkylation sites (N-methyl/N-ethyl adjacent to an activating group) is 1. The Balaban J connectivity index is 2.31. The topological polar surface area (TPSA) is 116 Å². The highest BCUT2D eigenvalue weighted by atomic mass is 79.9. The zero-order valence-corrected chi connectivity index (χ0v) is 15.7. The number of carbonyl (C=O) groups excluding carboxylic acids is 1. The normalized spacial score (nSPS) is 29.7. The molecule has 0 radical (unpaired) electrons. The largest absolute Gasteiger partial charge is 0.549 e. The lowest BCUT2D eigenvalue weighted by molar-refractivity contribution is -0.878. The second-order valence-corrected chi connectivity index (χ2v) is 7.73. The van der Waals surface area contributed by atoms with E-state index in [0.29, 0.717) is 18.7 Å². The Bertz CT molecular complexity index is 882. The maximum Gasteiger partial charge on any atom is 0.189 e. The molecule has 1 aromatic rings. The van der Waals surface area contributed by atoms with Crippen LogP contribution >= 0.6 is 15.9 Å². The van der Waals surface area contributed by atoms with Crippen molar-refractivity contribution in [3.63, 3.8) is 0 Å². The van der Waals surface area contributed by atoms with Gasteiger partial charge in [-0.25, -0.2) is 0 Å². The van der Waals surface area contributed by atoms with E-state index >= 15 is 0 Å². The Hall–Kier alpha value is -2.48. The van der Waals surface area contributed by atoms with Crippen LogP contribution in [0.1, 0.15) is 11.5 Å². The summed E-state index contributed by atoms with van der Waals surface area (Å²) in [5.74, 6) is -3.71. The Morgan fingerprint density at radius 3 is 2.62 bits per heavy atom. The molecule has 26 heavy (non-hydrogen) atoms. The SMILES string of the molecule is C[NH+]1CC=C2C(C(=O)[O-])C(=N)C(C#N)(C#N)[C@@H](c3ccccc3Br)[C@H]2C1. The van der Waals surface area contributed by atoms with Crippen molar-refractivity contribution < 1.29 is 14.8 Å². The number of aliphatic carboxylic acids is 1. The fourth-order valence-corrected chi connectivity index (χ4v) is 4.77. The molecule has 0 saturated heterocycles. The van der Waals surface area contributed by atoms with Crippen molar-refractivity contribution in [2.24, 2.45) is 17.3 Å². The van der Waals surface area contributed by atoms with Gasteiger partial charge < -0.3 is 20.2 Å². The number of carbonyl (C=O) groups is 1. The first-order valence-electron chi connectivity index (χ1n) is 8.25. The molecule has 4 atom stereocenters. The monoisotopic (exact) mass is 412 g/mol. The predicted molar refractivity (Wildman–Crippen MR) is 95.0 cm³/mol. The zero-order valence-electron chi connectivity index (χ0n) is 14.1. The highest BCUT2D eigenvalue weighted by Crippen LogP contribution is 2.53. The highest BCUT2D eigenvalue weighted by Gasteiger charge is 2.58. The van der Waals surface area contributed by atoms with Crippen molar-refractivity contribution in [3.8, 4) is 12.1 Å². The van der Waals surface area contributed by atoms with E-state index in [9.17, 15) is 20.4 Å². The summed E-state index contributed by atoms with van der Waals surface area (Å²) < 4.78 is 0.738. The average molecular weight is 413 g/mol. The standard InChI is InChI=1S/C19H17BrN4O2/c1-24-7-6-11-13(8-24)16(12-4-2-3-5-14(12)20)19(9-21,10-22)17(23)15(11)18(25)26/h2-6,13,15-16,23H,7-8H2,1H3,(H,25,26)/t13-,15?,16-/m0/s1. The van der Waals surface area contributed by atoms with E-state index in [2.05, 4.69) is 15.9 Å². The lowest BCUT2D eigenvalue weighted by Crippen LogP contribution is -3.10. The molecular formula is C19H17BrN4O2. The van der Waals surface area contributed by atoms with Gasteiger partial charge in [-0.15, -0.1) is 0 Å². The minimum Gasteiger partial charge on any atom is -0.549 e. The molecule has 6 nitrogen and oxygen atoms in total. The molecule has 0 bridgehead atoms. The van der Waals surface area contributed by atoms with E-state index in [1.54, 1.807) is 0 Å². The fraction of sp³-hybridized carbons (Fsp3) is 0.368. The van der Waals surface area contributed by atoms with E-state index in [0.717, 1.165) is 14.9 Å². The number of carboxylic acid groups (broad SMARTS) is 1. The molecule has 2 aliphatic rings. The number of fused-ring (bicyclic) bond motifs is 1. The van der Waals surface area contributed by atoms with E-state index in [4.69, 9.17) is 5.41 Å². The summed E-state index contributed by atoms with van der Waals surface area (Å²) >= 11 is 3.49. The first-order valence-corrected chi connectivity index (χ1v) is 9.04. The van der Waals surface area contributed by atoms with Crippen molar-refractivity contribution >= 4 is 27.6 Å². The van der Waals surface area contributed by atoms with Crippen molar-refractivity contribution in [1.82, 2.24) is 0 Å². The van der Waals surface area contributed by atoms with Gasteiger partial charge in [0.25, 0.3) is 0 Å². The van der Waals surface area contributed by atoms with Gasteiger partial charge in [0, 0.05) is 16.3 Å². The molecular weight excluding hydrogens is 396 g/mol. The zero-order chi connectivity index (χ0) is 19.1. The Morgan fingerprint density at radius 2 is 2.04 bits per heavy atom. The van der Waals surface area contributed by atoms with Crippen LogP contribution in [0.5, 0.6) is 0 Å². The van der Waals surface area contributed by atoms with Gasteiger partial charge in [0.15, 0.2) is 5.41 Å². The molecule has 2 N–H and O–H groups in total. The second-order valence-electron chi connectivity index (χ2n) is 6.87. The Labute approximate surface area is 160 Å². The van der Waals surface area contributed by atoms with Crippen LogP contribution in [0.3, 0.4) is 0 Å². The summed E-state index contributed by atoms with van der Waals surface area (Å²) in [4.78, 5) is 13.0. The van der Waals surface area contributed by atoms with Crippen LogP contribution in [-0.4, -0.2) is 31.8 Å². The van der Waals surface area contributed by atoms with Gasteiger partial charge in [-0.2, -0.15) is 10.5 Å². The third-order valence-corrected chi connectivity index (χ3v) is 6.15. The number of hydrogen-bond donors (Lipinski definition) is 2. The van der Waals surface area contributed by atoms with Crippen LogP contribution in [0.4, 0.5) is 0 Å². The summed E-state index contributed by atoms with van der Waals surface area (Å²) in [7, 11) is 1.98. The van der Waals surface area contributed by atoms with Crippen molar-refractivity contribution in [2.45, 2.75) is 5.92 Å². The highest BCUT2D eigenvalue weighted by molar-refractivity contribution is 9.10. The number of halogens is 1. The van der Waals surface area contributed by atoms with Gasteiger partial charge in [-0.1, -0.05) is 34.1 Å². The Morgan fingerprint density at radius 1 is 1.38 bits per heavy atom. The van der Waals surface area contributed by atoms with E-state index in [-0.39, 0.29) is 5.92 Å². The molecule has 0 aromatic heterocycles. The molecule has 1 aromatic carbocycles. The predicted octanol–water partition coefficient (Wildman–Crippen LogP) is 0.0366. The lowest BCUT2D eigenvalue weighted by atomic mass is 9.54. The smallest absolute Gasteiger partial charge is 0.189 e. The maximum atomic E-state index is 11.8. The fourth-order valence-electron chi connectivity index (χ4n) is 4.24. The average Bonchev–Trinajstić information content (AvgIpc) is 2.61. The van der Waals surface area contributed by atoms with Gasteiger partial charge in [0.05, 0.1) is 49.9 Å². The summed E-state index contributed by atoms with van der Waals surface area (Å²) in [6, 6.07) is 11.3. The molecule has 7 heteroatoms.